The highest BCUT2D eigenvalue weighted by atomic mass is 19.4. The second-order valence-electron chi connectivity index (χ2n) is 15.5. The average molecular weight is 852 g/mol. The van der Waals surface area contributed by atoms with Gasteiger partial charge in [0.1, 0.15) is 0 Å². The van der Waals surface area contributed by atoms with Crippen molar-refractivity contribution in [2.45, 2.75) is 12.4 Å². The van der Waals surface area contributed by atoms with Crippen molar-refractivity contribution in [3.63, 3.8) is 0 Å². The molecule has 7 aromatic carbocycles. The molecule has 0 fully saturated rings. The Bertz CT molecular complexity index is 3530. The number of nitrogens with zero attached hydrogens (tertiary/aromatic N) is 5. The van der Waals surface area contributed by atoms with Gasteiger partial charge in [-0.1, -0.05) is 109 Å². The van der Waals surface area contributed by atoms with Gasteiger partial charge in [0, 0.05) is 55.6 Å². The number of rotatable bonds is 6. The first-order valence-corrected chi connectivity index (χ1v) is 20.3. The van der Waals surface area contributed by atoms with Crippen LogP contribution < -0.4 is 0 Å². The highest BCUT2D eigenvalue weighted by Crippen LogP contribution is 2.44. The lowest BCUT2D eigenvalue weighted by atomic mass is 9.99. The first-order valence-electron chi connectivity index (χ1n) is 20.3. The van der Waals surface area contributed by atoms with Crippen molar-refractivity contribution < 1.29 is 26.3 Å². The zero-order valence-corrected chi connectivity index (χ0v) is 33.4. The lowest BCUT2D eigenvalue weighted by Gasteiger charge is -2.19. The SMILES string of the molecule is FC(F)(F)c1ccc2c(c1)c1ccccc1n2-c1cnccc1-c1ccc(-c2nc(-c3ccccc3)cc(-c3ccccc3)n2)cc1-n1c2ccccc2c2cc(C(F)(F)F)ccc21. The summed E-state index contributed by atoms with van der Waals surface area (Å²) in [5, 5.41) is 2.07. The molecule has 310 valence electrons. The van der Waals surface area contributed by atoms with Crippen LogP contribution in [0.3, 0.4) is 0 Å². The number of fused-ring (bicyclic) bond motifs is 6. The molecule has 0 atom stereocenters. The van der Waals surface area contributed by atoms with Gasteiger partial charge in [0.2, 0.25) is 0 Å². The molecule has 0 radical (unpaired) electrons. The Morgan fingerprint density at radius 2 is 0.844 bits per heavy atom. The topological polar surface area (TPSA) is 48.5 Å². The van der Waals surface area contributed by atoms with Gasteiger partial charge < -0.3 is 9.13 Å². The maximum Gasteiger partial charge on any atom is 0.416 e. The molecule has 11 aromatic rings. The van der Waals surface area contributed by atoms with Gasteiger partial charge in [0.05, 0.1) is 62.2 Å². The summed E-state index contributed by atoms with van der Waals surface area (Å²) in [6.07, 6.45) is -5.80. The van der Waals surface area contributed by atoms with Crippen LogP contribution in [0, 0.1) is 0 Å². The standard InChI is InChI=1S/C53H31F6N5/c54-52(55,56)35-20-23-47-41(28-35)37-15-7-9-17-45(37)63(47)49-27-34(51-61-43(32-11-3-1-4-12-32)30-44(62-51)33-13-5-2-6-14-33)19-22-39(49)40-25-26-60-31-50(40)64-46-18-10-8-16-38(46)42-29-36(53(57,58)59)21-24-48(42)64/h1-31H. The van der Waals surface area contributed by atoms with E-state index in [1.54, 1.807) is 30.6 Å². The van der Waals surface area contributed by atoms with Crippen LogP contribution in [0.5, 0.6) is 0 Å². The van der Waals surface area contributed by atoms with E-state index in [4.69, 9.17) is 9.97 Å². The summed E-state index contributed by atoms with van der Waals surface area (Å²) < 4.78 is 89.0. The van der Waals surface area contributed by atoms with Gasteiger partial charge in [0.15, 0.2) is 5.82 Å². The normalized spacial score (nSPS) is 12.2. The number of aromatic nitrogens is 5. The van der Waals surface area contributed by atoms with Gasteiger partial charge in [0.25, 0.3) is 0 Å². The second-order valence-corrected chi connectivity index (χ2v) is 15.5. The number of halogens is 6. The zero-order valence-electron chi connectivity index (χ0n) is 33.4. The molecule has 4 heterocycles. The van der Waals surface area contributed by atoms with E-state index in [0.29, 0.717) is 88.9 Å². The monoisotopic (exact) mass is 851 g/mol. The molecule has 0 saturated heterocycles. The van der Waals surface area contributed by atoms with Crippen molar-refractivity contribution in [3.8, 4) is 56.4 Å². The van der Waals surface area contributed by atoms with Gasteiger partial charge in [-0.15, -0.1) is 0 Å². The van der Waals surface area contributed by atoms with Gasteiger partial charge in [-0.3, -0.25) is 4.98 Å². The molecule has 11 heteroatoms. The molecule has 0 amide bonds. The third-order valence-electron chi connectivity index (χ3n) is 11.7. The predicted octanol–water partition coefficient (Wildman–Crippen LogP) is 14.8. The van der Waals surface area contributed by atoms with Crippen LogP contribution in [0.4, 0.5) is 26.3 Å². The van der Waals surface area contributed by atoms with E-state index in [-0.39, 0.29) is 0 Å². The summed E-state index contributed by atoms with van der Waals surface area (Å²) in [6.45, 7) is 0. The van der Waals surface area contributed by atoms with Crippen molar-refractivity contribution >= 4 is 43.6 Å². The minimum Gasteiger partial charge on any atom is -0.309 e. The third-order valence-corrected chi connectivity index (χ3v) is 11.7. The largest absolute Gasteiger partial charge is 0.416 e. The molecule has 0 saturated carbocycles. The molecule has 0 aliphatic carbocycles. The number of benzene rings is 7. The highest BCUT2D eigenvalue weighted by Gasteiger charge is 2.33. The maximum absolute atomic E-state index is 14.3. The van der Waals surface area contributed by atoms with E-state index >= 15 is 0 Å². The first kappa shape index (κ1) is 38.8. The van der Waals surface area contributed by atoms with Crippen molar-refractivity contribution in [2.24, 2.45) is 0 Å². The van der Waals surface area contributed by atoms with Crippen LogP contribution in [0.15, 0.2) is 188 Å². The Kier molecular flexibility index (Phi) is 8.98. The molecule has 0 N–H and O–H groups in total. The molecule has 0 aliphatic heterocycles. The molecule has 11 rings (SSSR count). The average Bonchev–Trinajstić information content (AvgIpc) is 3.83. The van der Waals surface area contributed by atoms with E-state index in [1.807, 2.05) is 130 Å². The summed E-state index contributed by atoms with van der Waals surface area (Å²) in [4.78, 5) is 14.7. The quantitative estimate of drug-likeness (QED) is 0.157. The Labute approximate surface area is 361 Å². The van der Waals surface area contributed by atoms with E-state index in [1.165, 1.54) is 24.3 Å². The van der Waals surface area contributed by atoms with Gasteiger partial charge in [-0.05, 0) is 66.7 Å². The first-order chi connectivity index (χ1) is 31.0. The Morgan fingerprint density at radius 3 is 1.38 bits per heavy atom. The molecular formula is C53H31F6N5. The number of pyridine rings is 1. The molecule has 4 aromatic heterocycles. The fourth-order valence-electron chi connectivity index (χ4n) is 8.78. The van der Waals surface area contributed by atoms with Gasteiger partial charge in [-0.25, -0.2) is 9.97 Å². The summed E-state index contributed by atoms with van der Waals surface area (Å²) >= 11 is 0. The molecule has 0 aliphatic rings. The fraction of sp³-hybridized carbons (Fsp3) is 0.0377. The van der Waals surface area contributed by atoms with Crippen LogP contribution in [0.25, 0.3) is 100 Å². The summed E-state index contributed by atoms with van der Waals surface area (Å²) in [7, 11) is 0. The van der Waals surface area contributed by atoms with E-state index < -0.39 is 23.5 Å². The molecular weight excluding hydrogens is 821 g/mol. The number of hydrogen-bond donors (Lipinski definition) is 0. The van der Waals surface area contributed by atoms with Gasteiger partial charge in [-0.2, -0.15) is 26.3 Å². The second kappa shape index (κ2) is 14.8. The minimum absolute atomic E-state index is 0.410. The van der Waals surface area contributed by atoms with E-state index in [9.17, 15) is 26.3 Å². The predicted molar refractivity (Wildman–Crippen MR) is 240 cm³/mol. The lowest BCUT2D eigenvalue weighted by molar-refractivity contribution is -0.138. The van der Waals surface area contributed by atoms with Crippen LogP contribution >= 0.6 is 0 Å². The maximum atomic E-state index is 14.3. The van der Waals surface area contributed by atoms with Gasteiger partial charge >= 0.3 is 12.4 Å². The molecule has 64 heavy (non-hydrogen) atoms. The summed E-state index contributed by atoms with van der Waals surface area (Å²) in [5.74, 6) is 0.422. The van der Waals surface area contributed by atoms with Crippen LogP contribution in [0.1, 0.15) is 11.1 Å². The molecule has 5 nitrogen and oxygen atoms in total. The van der Waals surface area contributed by atoms with Crippen molar-refractivity contribution in [3.05, 3.63) is 199 Å². The number of para-hydroxylation sites is 2. The summed E-state index contributed by atoms with van der Waals surface area (Å²) in [5.41, 5.74) is 7.19. The highest BCUT2D eigenvalue weighted by molar-refractivity contribution is 6.12. The molecule has 0 unspecified atom stereocenters. The smallest absolute Gasteiger partial charge is 0.309 e. The fourth-order valence-corrected chi connectivity index (χ4v) is 8.78. The van der Waals surface area contributed by atoms with Crippen LogP contribution in [-0.2, 0) is 12.4 Å². The van der Waals surface area contributed by atoms with E-state index in [2.05, 4.69) is 4.98 Å². The van der Waals surface area contributed by atoms with Crippen LogP contribution in [0.2, 0.25) is 0 Å². The zero-order chi connectivity index (χ0) is 43.7. The Balaban J connectivity index is 1.21. The van der Waals surface area contributed by atoms with E-state index in [0.717, 1.165) is 23.3 Å². The van der Waals surface area contributed by atoms with Crippen molar-refractivity contribution in [2.75, 3.05) is 0 Å². The Hall–Kier alpha value is -8.05. The van der Waals surface area contributed by atoms with Crippen molar-refractivity contribution in [1.29, 1.82) is 0 Å². The Morgan fingerprint density at radius 1 is 0.375 bits per heavy atom. The third kappa shape index (κ3) is 6.55. The number of alkyl halides is 6. The van der Waals surface area contributed by atoms with Crippen molar-refractivity contribution in [1.82, 2.24) is 24.1 Å². The minimum atomic E-state index is -4.57. The molecule has 0 spiro atoms. The summed E-state index contributed by atoms with van der Waals surface area (Å²) in [6, 6.07) is 51.2. The van der Waals surface area contributed by atoms with Crippen LogP contribution in [-0.4, -0.2) is 24.1 Å². The number of hydrogen-bond acceptors (Lipinski definition) is 3. The molecule has 0 bridgehead atoms. The lowest BCUT2D eigenvalue weighted by Crippen LogP contribution is -2.05.